The quantitative estimate of drug-likeness (QED) is 0.116. The van der Waals surface area contributed by atoms with E-state index >= 15 is 0 Å². The molecule has 2 amide bonds. The lowest BCUT2D eigenvalue weighted by Crippen LogP contribution is -2.29. The second-order valence-corrected chi connectivity index (χ2v) is 8.82. The molecule has 0 unspecified atom stereocenters. The molecule has 1 aliphatic rings. The van der Waals surface area contributed by atoms with Crippen molar-refractivity contribution in [1.29, 1.82) is 0 Å². The number of nitro groups is 1. The monoisotopic (exact) mass is 512 g/mol. The third-order valence-electron chi connectivity index (χ3n) is 5.22. The molecule has 0 spiro atoms. The van der Waals surface area contributed by atoms with E-state index < -0.39 is 4.92 Å². The molecule has 0 N–H and O–H groups in total. The summed E-state index contributed by atoms with van der Waals surface area (Å²) in [5.74, 6) is 0.622. The third kappa shape index (κ3) is 6.73. The van der Waals surface area contributed by atoms with Crippen LogP contribution in [-0.2, 0) is 22.6 Å². The van der Waals surface area contributed by atoms with Crippen molar-refractivity contribution < 1.29 is 28.7 Å². The number of non-ortho nitro benzene ring substituents is 1. The van der Waals surface area contributed by atoms with E-state index in [1.54, 1.807) is 37.5 Å². The first-order chi connectivity index (χ1) is 17.4. The summed E-state index contributed by atoms with van der Waals surface area (Å²) in [6.45, 7) is 6.89. The van der Waals surface area contributed by atoms with Crippen LogP contribution in [0.4, 0.5) is 10.5 Å². The molecule has 3 rings (SSSR count). The number of methoxy groups -OCH3 is 1. The lowest BCUT2D eigenvalue weighted by atomic mass is 10.0. The SMILES string of the molecule is C=CCc1cc(/C=C2/SC(=O)N(CCCOC)C2=O)cc(OCC)c1OCc1cccc([N+](=O)[O-])c1. The van der Waals surface area contributed by atoms with E-state index in [1.807, 2.05) is 13.0 Å². The number of benzene rings is 2. The van der Waals surface area contributed by atoms with Crippen LogP contribution >= 0.6 is 11.8 Å². The number of rotatable bonds is 13. The second-order valence-electron chi connectivity index (χ2n) is 7.83. The van der Waals surface area contributed by atoms with Crippen LogP contribution in [0.1, 0.15) is 30.0 Å². The number of nitro benzene ring substituents is 1. The van der Waals surface area contributed by atoms with E-state index in [4.69, 9.17) is 14.2 Å². The third-order valence-corrected chi connectivity index (χ3v) is 6.13. The van der Waals surface area contributed by atoms with Crippen LogP contribution in [0.3, 0.4) is 0 Å². The van der Waals surface area contributed by atoms with Gasteiger partial charge < -0.3 is 14.2 Å². The Morgan fingerprint density at radius 2 is 2.00 bits per heavy atom. The first kappa shape index (κ1) is 27.0. The molecule has 0 aliphatic carbocycles. The van der Waals surface area contributed by atoms with Gasteiger partial charge in [0.1, 0.15) is 6.61 Å². The maximum Gasteiger partial charge on any atom is 0.293 e. The van der Waals surface area contributed by atoms with Crippen molar-refractivity contribution in [1.82, 2.24) is 4.90 Å². The summed E-state index contributed by atoms with van der Waals surface area (Å²) in [7, 11) is 1.57. The molecule has 0 atom stereocenters. The van der Waals surface area contributed by atoms with E-state index in [0.717, 1.165) is 17.3 Å². The standard InChI is InChI=1S/C26H28N2O7S/c1-4-8-20-13-19(16-23-25(29)27(26(30)36-23)11-7-12-33-3)15-22(34-5-2)24(20)35-17-18-9-6-10-21(14-18)28(31)32/h4,6,9-10,13-16H,1,5,7-8,11-12,17H2,2-3H3/b23-16+. The van der Waals surface area contributed by atoms with Gasteiger partial charge in [-0.15, -0.1) is 6.58 Å². The van der Waals surface area contributed by atoms with Gasteiger partial charge in [0.05, 0.1) is 16.4 Å². The van der Waals surface area contributed by atoms with E-state index in [9.17, 15) is 19.7 Å². The lowest BCUT2D eigenvalue weighted by molar-refractivity contribution is -0.384. The maximum atomic E-state index is 12.8. The number of carbonyl (C=O) groups excluding carboxylic acids is 2. The zero-order valence-corrected chi connectivity index (χ0v) is 21.0. The minimum absolute atomic E-state index is 0.0149. The molecule has 1 heterocycles. The fourth-order valence-corrected chi connectivity index (χ4v) is 4.49. The second kappa shape index (κ2) is 12.9. The van der Waals surface area contributed by atoms with Gasteiger partial charge in [-0.25, -0.2) is 0 Å². The van der Waals surface area contributed by atoms with Crippen molar-refractivity contribution in [3.8, 4) is 11.5 Å². The van der Waals surface area contributed by atoms with Crippen molar-refractivity contribution in [3.63, 3.8) is 0 Å². The molecule has 2 aromatic carbocycles. The van der Waals surface area contributed by atoms with E-state index in [2.05, 4.69) is 6.58 Å². The molecule has 0 bridgehead atoms. The van der Waals surface area contributed by atoms with Crippen LogP contribution in [-0.4, -0.2) is 47.8 Å². The number of allylic oxidation sites excluding steroid dienone is 1. The Bertz CT molecular complexity index is 1180. The van der Waals surface area contributed by atoms with E-state index in [0.29, 0.717) is 60.1 Å². The molecule has 9 nitrogen and oxygen atoms in total. The topological polar surface area (TPSA) is 108 Å². The molecule has 0 radical (unpaired) electrons. The number of thioether (sulfide) groups is 1. The van der Waals surface area contributed by atoms with Crippen LogP contribution in [0.15, 0.2) is 54.0 Å². The van der Waals surface area contributed by atoms with Crippen LogP contribution in [0.25, 0.3) is 6.08 Å². The number of imide groups is 1. The zero-order chi connectivity index (χ0) is 26.1. The highest BCUT2D eigenvalue weighted by Gasteiger charge is 2.34. The van der Waals surface area contributed by atoms with Gasteiger partial charge in [-0.3, -0.25) is 24.6 Å². The summed E-state index contributed by atoms with van der Waals surface area (Å²) >= 11 is 0.899. The molecular weight excluding hydrogens is 484 g/mol. The average molecular weight is 513 g/mol. The maximum absolute atomic E-state index is 12.8. The highest BCUT2D eigenvalue weighted by atomic mass is 32.2. The Balaban J connectivity index is 1.89. The lowest BCUT2D eigenvalue weighted by Gasteiger charge is -2.17. The van der Waals surface area contributed by atoms with E-state index in [-0.39, 0.29) is 23.4 Å². The van der Waals surface area contributed by atoms with Crippen molar-refractivity contribution in [3.05, 3.63) is 80.8 Å². The van der Waals surface area contributed by atoms with Gasteiger partial charge in [-0.1, -0.05) is 18.2 Å². The number of nitrogens with zero attached hydrogens (tertiary/aromatic N) is 2. The van der Waals surface area contributed by atoms with Crippen molar-refractivity contribution >= 4 is 34.7 Å². The molecule has 2 aromatic rings. The molecular formula is C26H28N2O7S. The average Bonchev–Trinajstić information content (AvgIpc) is 3.11. The van der Waals surface area contributed by atoms with Crippen molar-refractivity contribution in [2.75, 3.05) is 26.9 Å². The molecule has 36 heavy (non-hydrogen) atoms. The minimum Gasteiger partial charge on any atom is -0.490 e. The number of hydrogen-bond donors (Lipinski definition) is 0. The first-order valence-corrected chi connectivity index (χ1v) is 12.2. The Morgan fingerprint density at radius 3 is 2.69 bits per heavy atom. The molecule has 10 heteroatoms. The number of hydrogen-bond acceptors (Lipinski definition) is 8. The van der Waals surface area contributed by atoms with Gasteiger partial charge in [0.25, 0.3) is 16.8 Å². The van der Waals surface area contributed by atoms with E-state index in [1.165, 1.54) is 17.0 Å². The Labute approximate surface area is 213 Å². The molecule has 0 saturated carbocycles. The van der Waals surface area contributed by atoms with Crippen molar-refractivity contribution in [2.24, 2.45) is 0 Å². The molecule has 1 aliphatic heterocycles. The minimum atomic E-state index is -0.452. The smallest absolute Gasteiger partial charge is 0.293 e. The van der Waals surface area contributed by atoms with Gasteiger partial charge in [0.2, 0.25) is 0 Å². The molecule has 0 aromatic heterocycles. The zero-order valence-electron chi connectivity index (χ0n) is 20.2. The van der Waals surface area contributed by atoms with Gasteiger partial charge in [-0.05, 0) is 60.9 Å². The number of carbonyl (C=O) groups is 2. The van der Waals surface area contributed by atoms with Crippen LogP contribution in [0.5, 0.6) is 11.5 Å². The molecule has 190 valence electrons. The molecule has 1 fully saturated rings. The van der Waals surface area contributed by atoms with Crippen LogP contribution in [0.2, 0.25) is 0 Å². The summed E-state index contributed by atoms with van der Waals surface area (Å²) in [5.41, 5.74) is 2.08. The predicted molar refractivity (Wildman–Crippen MR) is 138 cm³/mol. The number of amides is 2. The predicted octanol–water partition coefficient (Wildman–Crippen LogP) is 5.37. The number of ether oxygens (including phenoxy) is 3. The summed E-state index contributed by atoms with van der Waals surface area (Å²) < 4.78 is 16.9. The van der Waals surface area contributed by atoms with Crippen molar-refractivity contribution in [2.45, 2.75) is 26.4 Å². The summed E-state index contributed by atoms with van der Waals surface area (Å²) in [6, 6.07) is 9.84. The van der Waals surface area contributed by atoms with Gasteiger partial charge in [0, 0.05) is 38.0 Å². The Morgan fingerprint density at radius 1 is 1.19 bits per heavy atom. The fraction of sp³-hybridized carbons (Fsp3) is 0.308. The van der Waals surface area contributed by atoms with Gasteiger partial charge in [0.15, 0.2) is 11.5 Å². The van der Waals surface area contributed by atoms with Crippen LogP contribution < -0.4 is 9.47 Å². The first-order valence-electron chi connectivity index (χ1n) is 11.4. The molecule has 1 saturated heterocycles. The summed E-state index contributed by atoms with van der Waals surface area (Å²) in [5, 5.41) is 10.8. The fourth-order valence-electron chi connectivity index (χ4n) is 3.63. The highest BCUT2D eigenvalue weighted by molar-refractivity contribution is 8.18. The van der Waals surface area contributed by atoms with Gasteiger partial charge >= 0.3 is 0 Å². The summed E-state index contributed by atoms with van der Waals surface area (Å²) in [4.78, 5) is 37.3. The Kier molecular flexibility index (Phi) is 9.66. The van der Waals surface area contributed by atoms with Crippen LogP contribution in [0, 0.1) is 10.1 Å². The Hall–Kier alpha value is -3.63. The summed E-state index contributed by atoms with van der Waals surface area (Å²) in [6.07, 6.45) is 4.42. The van der Waals surface area contributed by atoms with Gasteiger partial charge in [-0.2, -0.15) is 0 Å². The normalized spacial score (nSPS) is 14.4. The highest BCUT2D eigenvalue weighted by Crippen LogP contribution is 2.38. The largest absolute Gasteiger partial charge is 0.490 e.